The molecule has 0 aromatic carbocycles. The van der Waals surface area contributed by atoms with Crippen LogP contribution in [0.4, 0.5) is 0 Å². The molecule has 1 rings (SSSR count). The van der Waals surface area contributed by atoms with Crippen LogP contribution in [0, 0.1) is 5.92 Å². The van der Waals surface area contributed by atoms with Crippen molar-refractivity contribution in [1.82, 2.24) is 5.32 Å². The number of ether oxygens (including phenoxy) is 1. The van der Waals surface area contributed by atoms with Gasteiger partial charge in [0.2, 0.25) is 0 Å². The highest BCUT2D eigenvalue weighted by molar-refractivity contribution is 6.18. The third-order valence-corrected chi connectivity index (χ3v) is 3.21. The quantitative estimate of drug-likeness (QED) is 0.710. The Morgan fingerprint density at radius 3 is 2.54 bits per heavy atom. The Balaban J connectivity index is 2.17. The molecule has 0 saturated carbocycles. The van der Waals surface area contributed by atoms with E-state index in [1.165, 1.54) is 12.8 Å². The predicted octanol–water partition coefficient (Wildman–Crippen LogP) is 2.02. The maximum atomic E-state index is 5.82. The van der Waals surface area contributed by atoms with Crippen molar-refractivity contribution in [2.75, 3.05) is 25.6 Å². The van der Waals surface area contributed by atoms with Crippen molar-refractivity contribution in [3.05, 3.63) is 0 Å². The van der Waals surface area contributed by atoms with Crippen LogP contribution in [-0.4, -0.2) is 31.2 Å². The number of halogens is 1. The monoisotopic (exact) mass is 205 g/mol. The summed E-state index contributed by atoms with van der Waals surface area (Å²) in [5.41, 5.74) is 0.0693. The SMILES string of the molecule is CC(C)(CCl)NCC1CCOCC1. The average molecular weight is 206 g/mol. The van der Waals surface area contributed by atoms with Crippen LogP contribution >= 0.6 is 11.6 Å². The van der Waals surface area contributed by atoms with Gasteiger partial charge in [0, 0.05) is 24.6 Å². The smallest absolute Gasteiger partial charge is 0.0469 e. The van der Waals surface area contributed by atoms with Gasteiger partial charge in [-0.05, 0) is 39.2 Å². The first-order valence-electron chi connectivity index (χ1n) is 5.03. The van der Waals surface area contributed by atoms with Crippen molar-refractivity contribution < 1.29 is 4.74 Å². The summed E-state index contributed by atoms with van der Waals surface area (Å²) >= 11 is 5.82. The number of alkyl halides is 1. The van der Waals surface area contributed by atoms with Gasteiger partial charge in [-0.15, -0.1) is 11.6 Å². The second-order valence-electron chi connectivity index (χ2n) is 4.45. The maximum Gasteiger partial charge on any atom is 0.0469 e. The number of hydrogen-bond acceptors (Lipinski definition) is 2. The van der Waals surface area contributed by atoms with E-state index in [1.54, 1.807) is 0 Å². The Bertz CT molecular complexity index is 144. The molecule has 0 unspecified atom stereocenters. The summed E-state index contributed by atoms with van der Waals surface area (Å²) in [6.07, 6.45) is 2.37. The molecule has 78 valence electrons. The first kappa shape index (κ1) is 11.3. The lowest BCUT2D eigenvalue weighted by Crippen LogP contribution is -2.44. The Morgan fingerprint density at radius 1 is 1.38 bits per heavy atom. The molecule has 0 aliphatic carbocycles. The van der Waals surface area contributed by atoms with E-state index in [1.807, 2.05) is 0 Å². The zero-order valence-corrected chi connectivity index (χ0v) is 9.36. The van der Waals surface area contributed by atoms with E-state index in [2.05, 4.69) is 19.2 Å². The maximum absolute atomic E-state index is 5.82. The normalized spacial score (nSPS) is 20.5. The highest BCUT2D eigenvalue weighted by atomic mass is 35.5. The van der Waals surface area contributed by atoms with Crippen molar-refractivity contribution >= 4 is 11.6 Å². The molecule has 0 aromatic rings. The van der Waals surface area contributed by atoms with Crippen molar-refractivity contribution in [2.24, 2.45) is 5.92 Å². The average Bonchev–Trinajstić information content (AvgIpc) is 2.17. The molecule has 0 atom stereocenters. The Kier molecular flexibility index (Phi) is 4.50. The van der Waals surface area contributed by atoms with Crippen LogP contribution in [0.2, 0.25) is 0 Å². The fraction of sp³-hybridized carbons (Fsp3) is 1.00. The molecule has 0 spiro atoms. The van der Waals surface area contributed by atoms with Crippen LogP contribution in [0.15, 0.2) is 0 Å². The Morgan fingerprint density at radius 2 is 2.00 bits per heavy atom. The van der Waals surface area contributed by atoms with Gasteiger partial charge in [-0.1, -0.05) is 0 Å². The first-order valence-corrected chi connectivity index (χ1v) is 5.56. The van der Waals surface area contributed by atoms with Crippen LogP contribution in [0.5, 0.6) is 0 Å². The van der Waals surface area contributed by atoms with Crippen LogP contribution < -0.4 is 5.32 Å². The first-order chi connectivity index (χ1) is 6.14. The van der Waals surface area contributed by atoms with Gasteiger partial charge >= 0.3 is 0 Å². The predicted molar refractivity (Wildman–Crippen MR) is 56.3 cm³/mol. The number of rotatable bonds is 4. The highest BCUT2D eigenvalue weighted by Crippen LogP contribution is 2.15. The molecule has 1 aliphatic heterocycles. The third-order valence-electron chi connectivity index (χ3n) is 2.54. The molecule has 3 heteroatoms. The largest absolute Gasteiger partial charge is 0.381 e. The molecule has 0 radical (unpaired) electrons. The standard InChI is InChI=1S/C10H20ClNO/c1-10(2,8-11)12-7-9-3-5-13-6-4-9/h9,12H,3-8H2,1-2H3. The molecule has 0 bridgehead atoms. The fourth-order valence-corrected chi connectivity index (χ4v) is 1.51. The minimum absolute atomic E-state index is 0.0693. The van der Waals surface area contributed by atoms with Crippen LogP contribution in [0.1, 0.15) is 26.7 Å². The lowest BCUT2D eigenvalue weighted by atomic mass is 9.98. The number of nitrogens with one attached hydrogen (secondary N) is 1. The van der Waals surface area contributed by atoms with Gasteiger partial charge < -0.3 is 10.1 Å². The van der Waals surface area contributed by atoms with E-state index in [0.717, 1.165) is 25.7 Å². The van der Waals surface area contributed by atoms with Gasteiger partial charge in [0.25, 0.3) is 0 Å². The molecule has 2 nitrogen and oxygen atoms in total. The van der Waals surface area contributed by atoms with E-state index in [9.17, 15) is 0 Å². The van der Waals surface area contributed by atoms with Crippen LogP contribution in [0.3, 0.4) is 0 Å². The lowest BCUT2D eigenvalue weighted by Gasteiger charge is -2.28. The summed E-state index contributed by atoms with van der Waals surface area (Å²) in [7, 11) is 0. The lowest BCUT2D eigenvalue weighted by molar-refractivity contribution is 0.0645. The summed E-state index contributed by atoms with van der Waals surface area (Å²) < 4.78 is 5.30. The summed E-state index contributed by atoms with van der Waals surface area (Å²) in [5.74, 6) is 1.44. The Hall–Kier alpha value is 0.210. The molecule has 1 saturated heterocycles. The molecule has 0 amide bonds. The zero-order valence-electron chi connectivity index (χ0n) is 8.61. The third kappa shape index (κ3) is 4.30. The van der Waals surface area contributed by atoms with Crippen molar-refractivity contribution in [1.29, 1.82) is 0 Å². The second-order valence-corrected chi connectivity index (χ2v) is 4.72. The van der Waals surface area contributed by atoms with Crippen molar-refractivity contribution in [3.63, 3.8) is 0 Å². The highest BCUT2D eigenvalue weighted by Gasteiger charge is 2.19. The van der Waals surface area contributed by atoms with Gasteiger partial charge in [-0.2, -0.15) is 0 Å². The van der Waals surface area contributed by atoms with Crippen molar-refractivity contribution in [3.8, 4) is 0 Å². The minimum Gasteiger partial charge on any atom is -0.381 e. The molecule has 1 N–H and O–H groups in total. The molecule has 1 fully saturated rings. The summed E-state index contributed by atoms with van der Waals surface area (Å²) in [6.45, 7) is 7.20. The van der Waals surface area contributed by atoms with Crippen LogP contribution in [-0.2, 0) is 4.74 Å². The van der Waals surface area contributed by atoms with Crippen LogP contribution in [0.25, 0.3) is 0 Å². The molecule has 1 heterocycles. The summed E-state index contributed by atoms with van der Waals surface area (Å²) in [6, 6.07) is 0. The summed E-state index contributed by atoms with van der Waals surface area (Å²) in [4.78, 5) is 0. The zero-order chi connectivity index (χ0) is 9.73. The van der Waals surface area contributed by atoms with Crippen molar-refractivity contribution in [2.45, 2.75) is 32.2 Å². The number of hydrogen-bond donors (Lipinski definition) is 1. The van der Waals surface area contributed by atoms with Gasteiger partial charge in [0.05, 0.1) is 0 Å². The van der Waals surface area contributed by atoms with Gasteiger partial charge in [0.1, 0.15) is 0 Å². The van der Waals surface area contributed by atoms with Gasteiger partial charge in [-0.3, -0.25) is 0 Å². The molecule has 13 heavy (non-hydrogen) atoms. The second kappa shape index (κ2) is 5.18. The topological polar surface area (TPSA) is 21.3 Å². The molecule has 1 aliphatic rings. The van der Waals surface area contributed by atoms with Gasteiger partial charge in [-0.25, -0.2) is 0 Å². The summed E-state index contributed by atoms with van der Waals surface area (Å²) in [5, 5.41) is 3.49. The van der Waals surface area contributed by atoms with Gasteiger partial charge in [0.15, 0.2) is 0 Å². The molecular formula is C10H20ClNO. The van der Waals surface area contributed by atoms with E-state index in [-0.39, 0.29) is 5.54 Å². The molecule has 0 aromatic heterocycles. The molecular weight excluding hydrogens is 186 g/mol. The van der Waals surface area contributed by atoms with E-state index >= 15 is 0 Å². The van der Waals surface area contributed by atoms with E-state index in [0.29, 0.717) is 5.88 Å². The van der Waals surface area contributed by atoms with E-state index < -0.39 is 0 Å². The Labute approximate surface area is 86.0 Å². The fourth-order valence-electron chi connectivity index (χ4n) is 1.42. The minimum atomic E-state index is 0.0693. The van der Waals surface area contributed by atoms with E-state index in [4.69, 9.17) is 16.3 Å².